The van der Waals surface area contributed by atoms with Crippen molar-refractivity contribution in [2.45, 2.75) is 70.9 Å². The molecule has 1 heterocycles. The molecule has 1 saturated heterocycles. The molecule has 1 aliphatic heterocycles. The Kier molecular flexibility index (Phi) is 6.50. The van der Waals surface area contributed by atoms with Crippen molar-refractivity contribution < 1.29 is 9.90 Å². The van der Waals surface area contributed by atoms with Gasteiger partial charge in [0.05, 0.1) is 0 Å². The molecule has 128 valence electrons. The van der Waals surface area contributed by atoms with E-state index in [1.54, 1.807) is 0 Å². The molecular weight excluding hydrogens is 278 g/mol. The average Bonchev–Trinajstić information content (AvgIpc) is 3.00. The fourth-order valence-corrected chi connectivity index (χ4v) is 3.63. The zero-order valence-corrected chi connectivity index (χ0v) is 14.2. The van der Waals surface area contributed by atoms with E-state index < -0.39 is 0 Å². The maximum Gasteiger partial charge on any atom is 0.315 e. The number of aliphatic hydroxyl groups is 1. The monoisotopic (exact) mass is 311 g/mol. The molecule has 0 bridgehead atoms. The fourth-order valence-electron chi connectivity index (χ4n) is 3.63. The van der Waals surface area contributed by atoms with Crippen LogP contribution in [0.1, 0.15) is 58.8 Å². The maximum atomic E-state index is 12.0. The van der Waals surface area contributed by atoms with E-state index in [0.717, 1.165) is 32.0 Å². The fraction of sp³-hybridized carbons (Fsp3) is 0.941. The van der Waals surface area contributed by atoms with Crippen LogP contribution in [-0.4, -0.2) is 54.4 Å². The lowest BCUT2D eigenvalue weighted by atomic mass is 9.90. The number of piperidine rings is 1. The van der Waals surface area contributed by atoms with E-state index in [2.05, 4.69) is 29.4 Å². The molecule has 0 aromatic heterocycles. The zero-order valence-electron chi connectivity index (χ0n) is 14.2. The summed E-state index contributed by atoms with van der Waals surface area (Å²) >= 11 is 0. The van der Waals surface area contributed by atoms with Crippen molar-refractivity contribution in [2.75, 3.05) is 26.2 Å². The van der Waals surface area contributed by atoms with E-state index in [-0.39, 0.29) is 18.1 Å². The molecule has 2 amide bonds. The van der Waals surface area contributed by atoms with Crippen LogP contribution in [-0.2, 0) is 0 Å². The minimum absolute atomic E-state index is 0.0576. The number of nitrogens with zero attached hydrogens (tertiary/aromatic N) is 1. The van der Waals surface area contributed by atoms with E-state index in [0.29, 0.717) is 19.0 Å². The Hall–Kier alpha value is -0.810. The molecule has 2 fully saturated rings. The van der Waals surface area contributed by atoms with Crippen molar-refractivity contribution >= 4 is 6.03 Å². The largest absolute Gasteiger partial charge is 0.396 e. The van der Waals surface area contributed by atoms with Crippen LogP contribution in [0.2, 0.25) is 0 Å². The van der Waals surface area contributed by atoms with Gasteiger partial charge in [-0.15, -0.1) is 0 Å². The van der Waals surface area contributed by atoms with E-state index in [1.165, 1.54) is 25.7 Å². The normalized spacial score (nSPS) is 22.0. The molecule has 22 heavy (non-hydrogen) atoms. The number of aliphatic hydroxyl groups excluding tert-OH is 1. The molecular formula is C17H33N3O2. The summed E-state index contributed by atoms with van der Waals surface area (Å²) in [6.07, 6.45) is 8.31. The predicted octanol–water partition coefficient (Wildman–Crippen LogP) is 2.10. The van der Waals surface area contributed by atoms with Gasteiger partial charge in [-0.2, -0.15) is 0 Å². The molecule has 3 N–H and O–H groups in total. The molecule has 0 aromatic rings. The van der Waals surface area contributed by atoms with Crippen LogP contribution in [0.25, 0.3) is 0 Å². The molecule has 0 atom stereocenters. The molecule has 1 saturated carbocycles. The van der Waals surface area contributed by atoms with Crippen molar-refractivity contribution in [3.8, 4) is 0 Å². The van der Waals surface area contributed by atoms with Crippen LogP contribution in [0, 0.1) is 5.41 Å². The first-order valence-electron chi connectivity index (χ1n) is 8.89. The SMILES string of the molecule is CC(C)(CCO)CNC(=O)NC1CCN(C2CCCC2)CC1. The molecule has 5 nitrogen and oxygen atoms in total. The quantitative estimate of drug-likeness (QED) is 0.704. The second-order valence-electron chi connectivity index (χ2n) is 7.71. The molecule has 0 aromatic carbocycles. The highest BCUT2D eigenvalue weighted by atomic mass is 16.3. The first kappa shape index (κ1) is 17.5. The number of hydrogen-bond acceptors (Lipinski definition) is 3. The Balaban J connectivity index is 1.64. The van der Waals surface area contributed by atoms with Crippen molar-refractivity contribution in [3.05, 3.63) is 0 Å². The third-order valence-corrected chi connectivity index (χ3v) is 5.22. The number of likely N-dealkylation sites (tertiary alicyclic amines) is 1. The second-order valence-corrected chi connectivity index (χ2v) is 7.71. The van der Waals surface area contributed by atoms with Crippen LogP contribution >= 0.6 is 0 Å². The summed E-state index contributed by atoms with van der Waals surface area (Å²) in [6.45, 7) is 7.11. The Bertz CT molecular complexity index is 346. The van der Waals surface area contributed by atoms with E-state index in [1.807, 2.05) is 0 Å². The van der Waals surface area contributed by atoms with Gasteiger partial charge in [0.2, 0.25) is 0 Å². The van der Waals surface area contributed by atoms with Crippen LogP contribution in [0.3, 0.4) is 0 Å². The number of hydrogen-bond donors (Lipinski definition) is 3. The summed E-state index contributed by atoms with van der Waals surface area (Å²) in [5.74, 6) is 0. The predicted molar refractivity (Wildman–Crippen MR) is 88.9 cm³/mol. The number of urea groups is 1. The number of carbonyl (C=O) groups is 1. The van der Waals surface area contributed by atoms with Crippen LogP contribution in [0.5, 0.6) is 0 Å². The molecule has 2 rings (SSSR count). The van der Waals surface area contributed by atoms with Gasteiger partial charge in [0.15, 0.2) is 0 Å². The number of amides is 2. The Morgan fingerprint density at radius 2 is 1.82 bits per heavy atom. The third kappa shape index (κ3) is 5.43. The van der Waals surface area contributed by atoms with E-state index in [4.69, 9.17) is 5.11 Å². The second kappa shape index (κ2) is 8.16. The maximum absolute atomic E-state index is 12.0. The third-order valence-electron chi connectivity index (χ3n) is 5.22. The topological polar surface area (TPSA) is 64.6 Å². The van der Waals surface area contributed by atoms with Crippen molar-refractivity contribution in [1.82, 2.24) is 15.5 Å². The van der Waals surface area contributed by atoms with Gasteiger partial charge in [0.1, 0.15) is 0 Å². The van der Waals surface area contributed by atoms with Crippen molar-refractivity contribution in [1.29, 1.82) is 0 Å². The Labute approximate surface area is 134 Å². The van der Waals surface area contributed by atoms with Gasteiger partial charge < -0.3 is 20.6 Å². The zero-order chi connectivity index (χ0) is 16.0. The lowest BCUT2D eigenvalue weighted by molar-refractivity contribution is 0.145. The number of carbonyl (C=O) groups excluding carboxylic acids is 1. The van der Waals surface area contributed by atoms with Crippen LogP contribution in [0.15, 0.2) is 0 Å². The van der Waals surface area contributed by atoms with Gasteiger partial charge in [0, 0.05) is 38.3 Å². The Morgan fingerprint density at radius 3 is 2.41 bits per heavy atom. The lowest BCUT2D eigenvalue weighted by Gasteiger charge is -2.36. The minimum atomic E-state index is -0.0645. The van der Waals surface area contributed by atoms with E-state index >= 15 is 0 Å². The summed E-state index contributed by atoms with van der Waals surface area (Å²) in [4.78, 5) is 14.6. The molecule has 2 aliphatic rings. The summed E-state index contributed by atoms with van der Waals surface area (Å²) in [5, 5.41) is 15.1. The van der Waals surface area contributed by atoms with Gasteiger partial charge in [0.25, 0.3) is 0 Å². The van der Waals surface area contributed by atoms with Crippen LogP contribution < -0.4 is 10.6 Å². The van der Waals surface area contributed by atoms with Gasteiger partial charge in [-0.3, -0.25) is 0 Å². The molecule has 0 radical (unpaired) electrons. The van der Waals surface area contributed by atoms with Gasteiger partial charge in [-0.1, -0.05) is 26.7 Å². The first-order valence-corrected chi connectivity index (χ1v) is 8.89. The van der Waals surface area contributed by atoms with Gasteiger partial charge in [-0.05, 0) is 37.5 Å². The molecule has 1 aliphatic carbocycles. The highest BCUT2D eigenvalue weighted by molar-refractivity contribution is 5.74. The summed E-state index contributed by atoms with van der Waals surface area (Å²) < 4.78 is 0. The minimum Gasteiger partial charge on any atom is -0.396 e. The smallest absolute Gasteiger partial charge is 0.315 e. The molecule has 0 spiro atoms. The summed E-state index contributed by atoms with van der Waals surface area (Å²) in [7, 11) is 0. The summed E-state index contributed by atoms with van der Waals surface area (Å²) in [6, 6.07) is 1.04. The van der Waals surface area contributed by atoms with Crippen LogP contribution in [0.4, 0.5) is 4.79 Å². The molecule has 0 unspecified atom stereocenters. The molecule has 5 heteroatoms. The highest BCUT2D eigenvalue weighted by Gasteiger charge is 2.27. The summed E-state index contributed by atoms with van der Waals surface area (Å²) in [5.41, 5.74) is -0.0576. The lowest BCUT2D eigenvalue weighted by Crippen LogP contribution is -2.50. The number of rotatable bonds is 6. The Morgan fingerprint density at radius 1 is 1.18 bits per heavy atom. The average molecular weight is 311 g/mol. The van der Waals surface area contributed by atoms with Crippen molar-refractivity contribution in [3.63, 3.8) is 0 Å². The highest BCUT2D eigenvalue weighted by Crippen LogP contribution is 2.26. The first-order chi connectivity index (χ1) is 10.5. The van der Waals surface area contributed by atoms with Gasteiger partial charge in [-0.25, -0.2) is 4.79 Å². The van der Waals surface area contributed by atoms with Crippen molar-refractivity contribution in [2.24, 2.45) is 5.41 Å². The number of nitrogens with one attached hydrogen (secondary N) is 2. The van der Waals surface area contributed by atoms with E-state index in [9.17, 15) is 4.79 Å². The standard InChI is InChI=1S/C17H33N3O2/c1-17(2,9-12-21)13-18-16(22)19-14-7-10-20(11-8-14)15-5-3-4-6-15/h14-15,21H,3-13H2,1-2H3,(H2,18,19,22). The van der Waals surface area contributed by atoms with Gasteiger partial charge >= 0.3 is 6.03 Å².